The van der Waals surface area contributed by atoms with Crippen molar-refractivity contribution in [2.24, 2.45) is 0 Å². The maximum Gasteiger partial charge on any atom is 0.0940 e. The van der Waals surface area contributed by atoms with Crippen LogP contribution >= 0.6 is 0 Å². The zero-order chi connectivity index (χ0) is 7.98. The van der Waals surface area contributed by atoms with Crippen LogP contribution in [0.5, 0.6) is 0 Å². The molecule has 1 heteroatoms. The fourth-order valence-corrected chi connectivity index (χ4v) is 0.560. The van der Waals surface area contributed by atoms with Gasteiger partial charge in [0.05, 0.1) is 6.07 Å². The first-order valence-corrected chi connectivity index (χ1v) is 3.45. The Bertz CT molecular complexity index is 172. The Labute approximate surface area is 62.7 Å². The highest BCUT2D eigenvalue weighted by Gasteiger charge is 1.93. The Hall–Kier alpha value is -1.03. The molecule has 0 unspecified atom stereocenters. The Morgan fingerprint density at radius 1 is 1.40 bits per heavy atom. The molecule has 0 aromatic heterocycles. The average molecular weight is 135 g/mol. The summed E-state index contributed by atoms with van der Waals surface area (Å²) in [6, 6.07) is 2.01. The lowest BCUT2D eigenvalue weighted by Gasteiger charge is -1.98. The summed E-state index contributed by atoms with van der Waals surface area (Å²) in [7, 11) is 0. The van der Waals surface area contributed by atoms with Gasteiger partial charge < -0.3 is 0 Å². The first-order chi connectivity index (χ1) is 4.70. The molecule has 0 spiro atoms. The third-order valence-corrected chi connectivity index (χ3v) is 1.44. The highest BCUT2D eigenvalue weighted by atomic mass is 14.2. The molecule has 54 valence electrons. The van der Waals surface area contributed by atoms with Crippen molar-refractivity contribution in [1.82, 2.24) is 0 Å². The molecule has 0 saturated heterocycles. The van der Waals surface area contributed by atoms with E-state index in [-0.39, 0.29) is 0 Å². The van der Waals surface area contributed by atoms with E-state index in [0.717, 1.165) is 19.3 Å². The van der Waals surface area contributed by atoms with E-state index < -0.39 is 0 Å². The van der Waals surface area contributed by atoms with E-state index in [9.17, 15) is 0 Å². The third-order valence-electron chi connectivity index (χ3n) is 1.44. The summed E-state index contributed by atoms with van der Waals surface area (Å²) in [6.07, 6.45) is 2.67. The predicted molar refractivity (Wildman–Crippen MR) is 43.4 cm³/mol. The molecule has 0 aromatic rings. The van der Waals surface area contributed by atoms with Crippen LogP contribution in [0.4, 0.5) is 0 Å². The summed E-state index contributed by atoms with van der Waals surface area (Å²) >= 11 is 0. The number of nitrogens with zero attached hydrogens (tertiary/aromatic N) is 1. The highest BCUT2D eigenvalue weighted by molar-refractivity contribution is 5.17. The number of nitriles is 1. The Morgan fingerprint density at radius 3 is 2.40 bits per heavy atom. The maximum absolute atomic E-state index is 8.34. The fourth-order valence-electron chi connectivity index (χ4n) is 0.560. The van der Waals surface area contributed by atoms with Crippen LogP contribution in [0, 0.1) is 11.3 Å². The lowest BCUT2D eigenvalue weighted by atomic mass is 10.1. The van der Waals surface area contributed by atoms with Gasteiger partial charge >= 0.3 is 0 Å². The second-order valence-electron chi connectivity index (χ2n) is 2.32. The second kappa shape index (κ2) is 4.81. The van der Waals surface area contributed by atoms with Crippen molar-refractivity contribution in [1.29, 1.82) is 5.26 Å². The number of rotatable bonds is 4. The van der Waals surface area contributed by atoms with Crippen LogP contribution in [0.1, 0.15) is 26.2 Å². The van der Waals surface area contributed by atoms with E-state index in [1.165, 1.54) is 5.57 Å². The minimum atomic E-state index is 0.648. The molecule has 0 amide bonds. The van der Waals surface area contributed by atoms with E-state index in [0.29, 0.717) is 5.57 Å². The summed E-state index contributed by atoms with van der Waals surface area (Å²) in [4.78, 5) is 0. The van der Waals surface area contributed by atoms with Crippen molar-refractivity contribution in [3.8, 4) is 6.07 Å². The summed E-state index contributed by atoms with van der Waals surface area (Å²) < 4.78 is 0. The smallest absolute Gasteiger partial charge is 0.0940 e. The van der Waals surface area contributed by atoms with Gasteiger partial charge in [-0.2, -0.15) is 5.26 Å². The Kier molecular flexibility index (Phi) is 4.32. The van der Waals surface area contributed by atoms with Crippen LogP contribution in [-0.4, -0.2) is 0 Å². The van der Waals surface area contributed by atoms with Gasteiger partial charge in [0, 0.05) is 5.57 Å². The van der Waals surface area contributed by atoms with Crippen molar-refractivity contribution >= 4 is 0 Å². The molecule has 0 N–H and O–H groups in total. The van der Waals surface area contributed by atoms with Gasteiger partial charge in [0.25, 0.3) is 0 Å². The van der Waals surface area contributed by atoms with Crippen LogP contribution < -0.4 is 0 Å². The normalized spacial score (nSPS) is 8.40. The van der Waals surface area contributed by atoms with E-state index in [1.807, 2.05) is 6.07 Å². The molecule has 0 radical (unpaired) electrons. The SMILES string of the molecule is C=C(C#N)CCC(=C)CC. The first-order valence-electron chi connectivity index (χ1n) is 3.45. The van der Waals surface area contributed by atoms with Gasteiger partial charge in [0.15, 0.2) is 0 Å². The molecular weight excluding hydrogens is 122 g/mol. The number of allylic oxidation sites excluding steroid dienone is 2. The molecule has 10 heavy (non-hydrogen) atoms. The summed E-state index contributed by atoms with van der Waals surface area (Å²) in [5.41, 5.74) is 1.84. The van der Waals surface area contributed by atoms with Crippen LogP contribution in [0.25, 0.3) is 0 Å². The lowest BCUT2D eigenvalue weighted by Crippen LogP contribution is -1.81. The van der Waals surface area contributed by atoms with Crippen LogP contribution in [0.15, 0.2) is 24.3 Å². The second-order valence-corrected chi connectivity index (χ2v) is 2.32. The van der Waals surface area contributed by atoms with Gasteiger partial charge in [-0.15, -0.1) is 0 Å². The van der Waals surface area contributed by atoms with Crippen molar-refractivity contribution in [3.05, 3.63) is 24.3 Å². The molecule has 0 aliphatic heterocycles. The monoisotopic (exact) mass is 135 g/mol. The first kappa shape index (κ1) is 8.97. The van der Waals surface area contributed by atoms with Crippen molar-refractivity contribution < 1.29 is 0 Å². The average Bonchev–Trinajstić information content (AvgIpc) is 1.99. The molecule has 0 saturated carbocycles. The predicted octanol–water partition coefficient (Wildman–Crippen LogP) is 2.81. The molecular formula is C9H13N. The third kappa shape index (κ3) is 3.91. The zero-order valence-electron chi connectivity index (χ0n) is 6.48. The topological polar surface area (TPSA) is 23.8 Å². The van der Waals surface area contributed by atoms with E-state index in [4.69, 9.17) is 5.26 Å². The minimum Gasteiger partial charge on any atom is -0.193 e. The Balaban J connectivity index is 3.48. The van der Waals surface area contributed by atoms with Crippen LogP contribution in [0.3, 0.4) is 0 Å². The van der Waals surface area contributed by atoms with Crippen molar-refractivity contribution in [3.63, 3.8) is 0 Å². The highest BCUT2D eigenvalue weighted by Crippen LogP contribution is 2.09. The lowest BCUT2D eigenvalue weighted by molar-refractivity contribution is 0.898. The standard InChI is InChI=1S/C9H13N/c1-4-8(2)5-6-9(3)7-10/h2-6H2,1H3. The summed E-state index contributed by atoms with van der Waals surface area (Å²) in [5, 5.41) is 8.34. The minimum absolute atomic E-state index is 0.648. The zero-order valence-corrected chi connectivity index (χ0v) is 6.48. The quantitative estimate of drug-likeness (QED) is 0.429. The van der Waals surface area contributed by atoms with Crippen molar-refractivity contribution in [2.45, 2.75) is 26.2 Å². The van der Waals surface area contributed by atoms with Gasteiger partial charge in [-0.05, 0) is 19.3 Å². The number of hydrogen-bond acceptors (Lipinski definition) is 1. The number of hydrogen-bond donors (Lipinski definition) is 0. The van der Waals surface area contributed by atoms with Gasteiger partial charge in [-0.1, -0.05) is 25.7 Å². The fraction of sp³-hybridized carbons (Fsp3) is 0.444. The van der Waals surface area contributed by atoms with Gasteiger partial charge in [-0.25, -0.2) is 0 Å². The molecule has 0 heterocycles. The molecule has 0 rings (SSSR count). The largest absolute Gasteiger partial charge is 0.193 e. The van der Waals surface area contributed by atoms with Gasteiger partial charge in [0.2, 0.25) is 0 Å². The Morgan fingerprint density at radius 2 is 2.00 bits per heavy atom. The molecule has 0 aromatic carbocycles. The molecule has 0 aliphatic carbocycles. The molecule has 1 nitrogen and oxygen atoms in total. The van der Waals surface area contributed by atoms with Gasteiger partial charge in [0.1, 0.15) is 0 Å². The van der Waals surface area contributed by atoms with Gasteiger partial charge in [-0.3, -0.25) is 0 Å². The van der Waals surface area contributed by atoms with Crippen LogP contribution in [-0.2, 0) is 0 Å². The molecule has 0 atom stereocenters. The molecule has 0 fully saturated rings. The summed E-state index contributed by atoms with van der Waals surface area (Å²) in [5.74, 6) is 0. The van der Waals surface area contributed by atoms with E-state index in [1.54, 1.807) is 0 Å². The van der Waals surface area contributed by atoms with E-state index >= 15 is 0 Å². The summed E-state index contributed by atoms with van der Waals surface area (Å²) in [6.45, 7) is 9.47. The van der Waals surface area contributed by atoms with E-state index in [2.05, 4.69) is 20.1 Å². The van der Waals surface area contributed by atoms with Crippen molar-refractivity contribution in [2.75, 3.05) is 0 Å². The maximum atomic E-state index is 8.34. The van der Waals surface area contributed by atoms with Crippen LogP contribution in [0.2, 0.25) is 0 Å². The molecule has 0 bridgehead atoms. The molecule has 0 aliphatic rings.